The topological polar surface area (TPSA) is 61.4 Å². The van der Waals surface area contributed by atoms with Crippen LogP contribution in [-0.4, -0.2) is 30.3 Å². The number of carbonyl (C=O) groups is 1. The SMILES string of the molecule is CC(C)(C)CC(CO)NC(=O)NCC1(C)CCC1. The Bertz CT molecular complexity index is 280. The summed E-state index contributed by atoms with van der Waals surface area (Å²) in [7, 11) is 0. The van der Waals surface area contributed by atoms with Gasteiger partial charge in [0.25, 0.3) is 0 Å². The quantitative estimate of drug-likeness (QED) is 0.706. The predicted octanol–water partition coefficient (Wildman–Crippen LogP) is 2.27. The molecule has 1 unspecified atom stereocenters. The number of carbonyl (C=O) groups excluding carboxylic acids is 1. The van der Waals surface area contributed by atoms with Gasteiger partial charge < -0.3 is 15.7 Å². The number of aliphatic hydroxyl groups excluding tert-OH is 1. The van der Waals surface area contributed by atoms with Crippen molar-refractivity contribution in [1.29, 1.82) is 0 Å². The largest absolute Gasteiger partial charge is 0.394 e. The number of rotatable bonds is 5. The Hall–Kier alpha value is -0.770. The molecule has 4 heteroatoms. The minimum atomic E-state index is -0.167. The zero-order valence-corrected chi connectivity index (χ0v) is 12.2. The highest BCUT2D eigenvalue weighted by atomic mass is 16.3. The van der Waals surface area contributed by atoms with E-state index in [1.165, 1.54) is 19.3 Å². The van der Waals surface area contributed by atoms with Gasteiger partial charge in [0.15, 0.2) is 0 Å². The van der Waals surface area contributed by atoms with E-state index in [9.17, 15) is 9.90 Å². The molecule has 0 saturated heterocycles. The van der Waals surface area contributed by atoms with Gasteiger partial charge in [0.2, 0.25) is 0 Å². The number of amides is 2. The van der Waals surface area contributed by atoms with E-state index >= 15 is 0 Å². The molecule has 18 heavy (non-hydrogen) atoms. The minimum Gasteiger partial charge on any atom is -0.394 e. The fraction of sp³-hybridized carbons (Fsp3) is 0.929. The standard InChI is InChI=1S/C14H28N2O2/c1-13(2,3)8-11(9-17)16-12(18)15-10-14(4)6-5-7-14/h11,17H,5-10H2,1-4H3,(H2,15,16,18). The van der Waals surface area contributed by atoms with Crippen molar-refractivity contribution < 1.29 is 9.90 Å². The van der Waals surface area contributed by atoms with Gasteiger partial charge in [-0.25, -0.2) is 4.79 Å². The molecule has 1 aliphatic rings. The molecule has 0 bridgehead atoms. The summed E-state index contributed by atoms with van der Waals surface area (Å²) in [4.78, 5) is 11.8. The fourth-order valence-electron chi connectivity index (χ4n) is 2.39. The molecular weight excluding hydrogens is 228 g/mol. The van der Waals surface area contributed by atoms with Gasteiger partial charge in [-0.3, -0.25) is 0 Å². The maximum absolute atomic E-state index is 11.8. The number of hydrogen-bond acceptors (Lipinski definition) is 2. The molecule has 1 saturated carbocycles. The van der Waals surface area contributed by atoms with Gasteiger partial charge in [0, 0.05) is 6.54 Å². The van der Waals surface area contributed by atoms with E-state index in [1.54, 1.807) is 0 Å². The van der Waals surface area contributed by atoms with Crippen LogP contribution in [0.3, 0.4) is 0 Å². The zero-order valence-electron chi connectivity index (χ0n) is 12.2. The molecule has 1 fully saturated rings. The third kappa shape index (κ3) is 5.25. The van der Waals surface area contributed by atoms with Gasteiger partial charge >= 0.3 is 6.03 Å². The third-order valence-electron chi connectivity index (χ3n) is 3.65. The van der Waals surface area contributed by atoms with Gasteiger partial charge in [-0.2, -0.15) is 0 Å². The molecule has 0 aromatic carbocycles. The summed E-state index contributed by atoms with van der Waals surface area (Å²) in [5.41, 5.74) is 0.386. The smallest absolute Gasteiger partial charge is 0.315 e. The molecule has 0 radical (unpaired) electrons. The number of nitrogens with one attached hydrogen (secondary N) is 2. The molecule has 1 rings (SSSR count). The number of aliphatic hydroxyl groups is 1. The molecule has 1 atom stereocenters. The molecule has 0 spiro atoms. The first-order valence-electron chi connectivity index (χ1n) is 6.89. The Morgan fingerprint density at radius 2 is 2.00 bits per heavy atom. The van der Waals surface area contributed by atoms with Crippen LogP contribution in [0, 0.1) is 10.8 Å². The highest BCUT2D eigenvalue weighted by molar-refractivity contribution is 5.74. The summed E-state index contributed by atoms with van der Waals surface area (Å²) >= 11 is 0. The average molecular weight is 256 g/mol. The van der Waals surface area contributed by atoms with Crippen LogP contribution in [0.1, 0.15) is 53.4 Å². The van der Waals surface area contributed by atoms with Crippen LogP contribution in [0.4, 0.5) is 4.79 Å². The van der Waals surface area contributed by atoms with Crippen molar-refractivity contribution in [2.24, 2.45) is 10.8 Å². The lowest BCUT2D eigenvalue weighted by Gasteiger charge is -2.38. The summed E-state index contributed by atoms with van der Waals surface area (Å²) in [5.74, 6) is 0. The maximum Gasteiger partial charge on any atom is 0.315 e. The van der Waals surface area contributed by atoms with Gasteiger partial charge in [-0.15, -0.1) is 0 Å². The van der Waals surface area contributed by atoms with Crippen LogP contribution in [0.2, 0.25) is 0 Å². The van der Waals surface area contributed by atoms with Crippen LogP contribution in [0.15, 0.2) is 0 Å². The zero-order chi connectivity index (χ0) is 13.8. The molecule has 2 amide bonds. The highest BCUT2D eigenvalue weighted by Gasteiger charge is 2.32. The molecule has 3 N–H and O–H groups in total. The number of hydrogen-bond donors (Lipinski definition) is 3. The Labute approximate surface area is 111 Å². The van der Waals surface area contributed by atoms with Crippen molar-refractivity contribution >= 4 is 6.03 Å². The van der Waals surface area contributed by atoms with Crippen LogP contribution in [0.5, 0.6) is 0 Å². The lowest BCUT2D eigenvalue weighted by atomic mass is 9.70. The second kappa shape index (κ2) is 5.91. The molecule has 0 heterocycles. The monoisotopic (exact) mass is 256 g/mol. The van der Waals surface area contributed by atoms with Crippen molar-refractivity contribution in [2.75, 3.05) is 13.2 Å². The molecule has 0 aromatic heterocycles. The van der Waals surface area contributed by atoms with Crippen molar-refractivity contribution in [3.05, 3.63) is 0 Å². The predicted molar refractivity (Wildman–Crippen MR) is 73.4 cm³/mol. The molecule has 4 nitrogen and oxygen atoms in total. The van der Waals surface area contributed by atoms with E-state index in [-0.39, 0.29) is 29.5 Å². The molecule has 1 aliphatic carbocycles. The lowest BCUT2D eigenvalue weighted by Crippen LogP contribution is -2.48. The first-order valence-corrected chi connectivity index (χ1v) is 6.89. The fourth-order valence-corrected chi connectivity index (χ4v) is 2.39. The Balaban J connectivity index is 2.28. The van der Waals surface area contributed by atoms with Crippen molar-refractivity contribution in [3.63, 3.8) is 0 Å². The van der Waals surface area contributed by atoms with Crippen LogP contribution >= 0.6 is 0 Å². The van der Waals surface area contributed by atoms with Crippen molar-refractivity contribution in [3.8, 4) is 0 Å². The summed E-state index contributed by atoms with van der Waals surface area (Å²) < 4.78 is 0. The van der Waals surface area contributed by atoms with E-state index in [1.807, 2.05) is 0 Å². The Morgan fingerprint density at radius 3 is 2.39 bits per heavy atom. The average Bonchev–Trinajstić information content (AvgIpc) is 2.21. The Kier molecular flexibility index (Phi) is 5.02. The molecule has 0 aliphatic heterocycles. The van der Waals surface area contributed by atoms with E-state index < -0.39 is 0 Å². The third-order valence-corrected chi connectivity index (χ3v) is 3.65. The summed E-state index contributed by atoms with van der Waals surface area (Å²) in [6.45, 7) is 9.23. The summed E-state index contributed by atoms with van der Waals surface area (Å²) in [5, 5.41) is 15.0. The van der Waals surface area contributed by atoms with Gasteiger partial charge in [0.1, 0.15) is 0 Å². The summed E-state index contributed by atoms with van der Waals surface area (Å²) in [6.07, 6.45) is 4.43. The van der Waals surface area contributed by atoms with Gasteiger partial charge in [0.05, 0.1) is 12.6 Å². The van der Waals surface area contributed by atoms with Gasteiger partial charge in [-0.1, -0.05) is 34.1 Å². The van der Waals surface area contributed by atoms with Gasteiger partial charge in [-0.05, 0) is 30.1 Å². The van der Waals surface area contributed by atoms with E-state index in [2.05, 4.69) is 38.3 Å². The molecular formula is C14H28N2O2. The second-order valence-corrected chi connectivity index (χ2v) is 7.14. The number of urea groups is 1. The molecule has 0 aromatic rings. The summed E-state index contributed by atoms with van der Waals surface area (Å²) in [6, 6.07) is -0.328. The second-order valence-electron chi connectivity index (χ2n) is 7.14. The highest BCUT2D eigenvalue weighted by Crippen LogP contribution is 2.39. The first kappa shape index (κ1) is 15.3. The maximum atomic E-state index is 11.8. The van der Waals surface area contributed by atoms with E-state index in [0.717, 1.165) is 13.0 Å². The molecule has 106 valence electrons. The van der Waals surface area contributed by atoms with E-state index in [4.69, 9.17) is 0 Å². The first-order chi connectivity index (χ1) is 8.24. The normalized spacial score (nSPS) is 19.8. The van der Waals surface area contributed by atoms with Crippen LogP contribution < -0.4 is 10.6 Å². The Morgan fingerprint density at radius 1 is 1.39 bits per heavy atom. The minimum absolute atomic E-state index is 0.0119. The van der Waals surface area contributed by atoms with Crippen LogP contribution in [0.25, 0.3) is 0 Å². The lowest BCUT2D eigenvalue weighted by molar-refractivity contribution is 0.152. The van der Waals surface area contributed by atoms with Crippen molar-refractivity contribution in [2.45, 2.75) is 59.4 Å². The van der Waals surface area contributed by atoms with Crippen LogP contribution in [-0.2, 0) is 0 Å². The van der Waals surface area contributed by atoms with Crippen molar-refractivity contribution in [1.82, 2.24) is 10.6 Å². The van der Waals surface area contributed by atoms with E-state index in [0.29, 0.717) is 0 Å².